The summed E-state index contributed by atoms with van der Waals surface area (Å²) in [6.07, 6.45) is 0. The molecule has 0 amide bonds. The largest absolute Gasteiger partial charge is 0.475 e. The summed E-state index contributed by atoms with van der Waals surface area (Å²) in [6.45, 7) is 0. The van der Waals surface area contributed by atoms with Crippen LogP contribution in [0.1, 0.15) is 0 Å². The van der Waals surface area contributed by atoms with Crippen molar-refractivity contribution in [2.45, 2.75) is 0 Å². The number of hydrogen-bond donors (Lipinski definition) is 2. The molecule has 72 valence electrons. The van der Waals surface area contributed by atoms with Crippen molar-refractivity contribution in [2.75, 3.05) is 0 Å². The number of nitrogens with two attached hydrogens (primary N) is 1. The van der Waals surface area contributed by atoms with Gasteiger partial charge in [0.05, 0.1) is 5.69 Å². The predicted octanol–water partition coefficient (Wildman–Crippen LogP) is 1.13. The first kappa shape index (κ1) is 9.85. The zero-order valence-corrected chi connectivity index (χ0v) is 7.16. The summed E-state index contributed by atoms with van der Waals surface area (Å²) < 4.78 is 0. The summed E-state index contributed by atoms with van der Waals surface area (Å²) in [4.78, 5) is 10.4. The van der Waals surface area contributed by atoms with Crippen LogP contribution in [0.15, 0.2) is 45.7 Å². The smallest absolute Gasteiger partial charge is 0.377 e. The molecule has 6 heteroatoms. The lowest BCUT2D eigenvalue weighted by atomic mass is 10.3. The highest BCUT2D eigenvalue weighted by atomic mass is 16.4. The van der Waals surface area contributed by atoms with E-state index < -0.39 is 11.8 Å². The van der Waals surface area contributed by atoms with Crippen LogP contribution in [0, 0.1) is 0 Å². The van der Waals surface area contributed by atoms with E-state index in [0.717, 1.165) is 0 Å². The number of hydrazone groups is 1. The monoisotopic (exact) mass is 192 g/mol. The van der Waals surface area contributed by atoms with Crippen LogP contribution in [-0.2, 0) is 4.79 Å². The number of nitrogens with zero attached hydrogens (tertiary/aromatic N) is 3. The van der Waals surface area contributed by atoms with Crippen molar-refractivity contribution in [1.29, 1.82) is 0 Å². The van der Waals surface area contributed by atoms with Crippen LogP contribution in [0.5, 0.6) is 0 Å². The summed E-state index contributed by atoms with van der Waals surface area (Å²) in [7, 11) is 0. The van der Waals surface area contributed by atoms with Crippen LogP contribution in [-0.4, -0.2) is 16.9 Å². The molecule has 0 aromatic heterocycles. The molecule has 1 aromatic carbocycles. The third-order valence-electron chi connectivity index (χ3n) is 1.33. The number of hydrogen-bond acceptors (Lipinski definition) is 4. The van der Waals surface area contributed by atoms with Crippen molar-refractivity contribution in [1.82, 2.24) is 0 Å². The molecular formula is C8H8N4O2. The average molecular weight is 192 g/mol. The number of aliphatic carboxylic acids is 1. The van der Waals surface area contributed by atoms with Gasteiger partial charge in [-0.2, -0.15) is 5.10 Å². The molecule has 0 saturated heterocycles. The second-order valence-electron chi connectivity index (χ2n) is 2.29. The SMILES string of the molecule is NN=C(N=Nc1ccccc1)C(=O)O. The molecule has 0 spiro atoms. The third kappa shape index (κ3) is 2.67. The molecular weight excluding hydrogens is 184 g/mol. The molecule has 6 nitrogen and oxygen atoms in total. The Balaban J connectivity index is 2.78. The Bertz CT molecular complexity index is 372. The Hall–Kier alpha value is -2.24. The molecule has 3 N–H and O–H groups in total. The number of benzene rings is 1. The second kappa shape index (κ2) is 4.70. The molecule has 0 aliphatic rings. The molecule has 0 fully saturated rings. The minimum absolute atomic E-state index is 0.533. The van der Waals surface area contributed by atoms with Crippen molar-refractivity contribution in [3.63, 3.8) is 0 Å². The molecule has 0 heterocycles. The van der Waals surface area contributed by atoms with Crippen LogP contribution in [0.4, 0.5) is 5.69 Å². The van der Waals surface area contributed by atoms with E-state index in [9.17, 15) is 4.79 Å². The Morgan fingerprint density at radius 1 is 1.29 bits per heavy atom. The highest BCUT2D eigenvalue weighted by Gasteiger charge is 2.06. The fraction of sp³-hybridized carbons (Fsp3) is 0. The van der Waals surface area contributed by atoms with Crippen LogP contribution in [0.2, 0.25) is 0 Å². The fourth-order valence-electron chi connectivity index (χ4n) is 0.724. The predicted molar refractivity (Wildman–Crippen MR) is 50.2 cm³/mol. The molecule has 0 aliphatic heterocycles. The maximum absolute atomic E-state index is 10.4. The van der Waals surface area contributed by atoms with Gasteiger partial charge in [-0.05, 0) is 12.1 Å². The number of amidine groups is 1. The van der Waals surface area contributed by atoms with Crippen LogP contribution in [0.25, 0.3) is 0 Å². The quantitative estimate of drug-likeness (QED) is 0.229. The van der Waals surface area contributed by atoms with E-state index in [1.807, 2.05) is 6.07 Å². The molecule has 14 heavy (non-hydrogen) atoms. The van der Waals surface area contributed by atoms with Gasteiger partial charge in [0.1, 0.15) is 0 Å². The van der Waals surface area contributed by atoms with Gasteiger partial charge in [0.15, 0.2) is 0 Å². The first-order chi connectivity index (χ1) is 6.74. The zero-order chi connectivity index (χ0) is 10.4. The minimum atomic E-state index is -1.31. The average Bonchev–Trinajstić information content (AvgIpc) is 2.20. The van der Waals surface area contributed by atoms with Gasteiger partial charge in [0.25, 0.3) is 5.84 Å². The van der Waals surface area contributed by atoms with E-state index in [2.05, 4.69) is 15.3 Å². The second-order valence-corrected chi connectivity index (χ2v) is 2.29. The van der Waals surface area contributed by atoms with E-state index in [1.54, 1.807) is 24.3 Å². The van der Waals surface area contributed by atoms with Crippen LogP contribution >= 0.6 is 0 Å². The van der Waals surface area contributed by atoms with Crippen LogP contribution < -0.4 is 5.84 Å². The normalized spacial score (nSPS) is 11.9. The van der Waals surface area contributed by atoms with Gasteiger partial charge >= 0.3 is 5.97 Å². The fourth-order valence-corrected chi connectivity index (χ4v) is 0.724. The lowest BCUT2D eigenvalue weighted by Crippen LogP contribution is -2.11. The van der Waals surface area contributed by atoms with E-state index in [-0.39, 0.29) is 0 Å². The first-order valence-electron chi connectivity index (χ1n) is 3.72. The molecule has 0 aliphatic carbocycles. The van der Waals surface area contributed by atoms with Gasteiger partial charge < -0.3 is 10.9 Å². The van der Waals surface area contributed by atoms with Gasteiger partial charge in [-0.1, -0.05) is 18.2 Å². The molecule has 0 bridgehead atoms. The Kier molecular flexibility index (Phi) is 3.31. The molecule has 0 unspecified atom stereocenters. The summed E-state index contributed by atoms with van der Waals surface area (Å²) in [6, 6.07) is 8.69. The number of azo groups is 1. The van der Waals surface area contributed by atoms with Crippen molar-refractivity contribution in [3.8, 4) is 0 Å². The number of rotatable bonds is 1. The standard InChI is InChI=1S/C8H8N4O2/c9-10-7(8(13)14)12-11-6-4-2-1-3-5-6/h1-5H,9H2,(H,13,14). The molecule has 0 atom stereocenters. The summed E-state index contributed by atoms with van der Waals surface area (Å²) >= 11 is 0. The Labute approximate surface area is 79.8 Å². The molecule has 0 saturated carbocycles. The van der Waals surface area contributed by atoms with Crippen molar-refractivity contribution < 1.29 is 9.90 Å². The summed E-state index contributed by atoms with van der Waals surface area (Å²) in [5.74, 6) is 2.94. The zero-order valence-electron chi connectivity index (χ0n) is 7.16. The number of carboxylic acids is 1. The number of carboxylic acid groups (broad SMARTS) is 1. The lowest BCUT2D eigenvalue weighted by molar-refractivity contribution is -0.129. The highest BCUT2D eigenvalue weighted by Crippen LogP contribution is 2.09. The van der Waals surface area contributed by atoms with Crippen molar-refractivity contribution in [2.24, 2.45) is 21.2 Å². The third-order valence-corrected chi connectivity index (χ3v) is 1.33. The molecule has 0 radical (unpaired) electrons. The Morgan fingerprint density at radius 3 is 2.43 bits per heavy atom. The van der Waals surface area contributed by atoms with Gasteiger partial charge in [0.2, 0.25) is 0 Å². The number of carbonyl (C=O) groups is 1. The van der Waals surface area contributed by atoms with Crippen molar-refractivity contribution in [3.05, 3.63) is 30.3 Å². The first-order valence-corrected chi connectivity index (χ1v) is 3.72. The van der Waals surface area contributed by atoms with Gasteiger partial charge in [0, 0.05) is 0 Å². The van der Waals surface area contributed by atoms with Gasteiger partial charge in [-0.3, -0.25) is 0 Å². The maximum atomic E-state index is 10.4. The summed E-state index contributed by atoms with van der Waals surface area (Å²) in [5, 5.41) is 18.4. The molecule has 1 rings (SSSR count). The van der Waals surface area contributed by atoms with E-state index in [4.69, 9.17) is 10.9 Å². The summed E-state index contributed by atoms with van der Waals surface area (Å²) in [5.41, 5.74) is 0.537. The van der Waals surface area contributed by atoms with Gasteiger partial charge in [-0.25, -0.2) is 4.79 Å². The lowest BCUT2D eigenvalue weighted by Gasteiger charge is -1.90. The van der Waals surface area contributed by atoms with Gasteiger partial charge in [-0.15, -0.1) is 10.2 Å². The maximum Gasteiger partial charge on any atom is 0.377 e. The minimum Gasteiger partial charge on any atom is -0.475 e. The van der Waals surface area contributed by atoms with E-state index in [0.29, 0.717) is 5.69 Å². The Morgan fingerprint density at radius 2 is 1.93 bits per heavy atom. The topological polar surface area (TPSA) is 100 Å². The van der Waals surface area contributed by atoms with E-state index in [1.165, 1.54) is 0 Å². The highest BCUT2D eigenvalue weighted by molar-refractivity contribution is 6.34. The molecule has 1 aromatic rings. The van der Waals surface area contributed by atoms with Crippen molar-refractivity contribution >= 4 is 17.5 Å². The van der Waals surface area contributed by atoms with Crippen LogP contribution in [0.3, 0.4) is 0 Å². The van der Waals surface area contributed by atoms with E-state index >= 15 is 0 Å².